The maximum Gasteiger partial charge on any atom is 0.0476 e. The maximum atomic E-state index is 3.34. The van der Waals surface area contributed by atoms with Crippen LogP contribution in [0.2, 0.25) is 0 Å². The zero-order valence-electron chi connectivity index (χ0n) is 11.8. The van der Waals surface area contributed by atoms with Crippen LogP contribution < -0.4 is 5.32 Å². The van der Waals surface area contributed by atoms with Crippen LogP contribution in [0.3, 0.4) is 0 Å². The van der Waals surface area contributed by atoms with Gasteiger partial charge in [0.15, 0.2) is 0 Å². The average Bonchev–Trinajstić information content (AvgIpc) is 2.38. The van der Waals surface area contributed by atoms with E-state index < -0.39 is 0 Å². The Morgan fingerprint density at radius 3 is 2.61 bits per heavy atom. The van der Waals surface area contributed by atoms with Crippen molar-refractivity contribution in [2.24, 2.45) is 0 Å². The first-order valence-electron chi connectivity index (χ1n) is 6.86. The molecule has 100 valence electrons. The molecule has 0 bridgehead atoms. The summed E-state index contributed by atoms with van der Waals surface area (Å²) in [5, 5.41) is 3.34. The van der Waals surface area contributed by atoms with E-state index in [1.54, 1.807) is 0 Å². The number of piperazine rings is 1. The fourth-order valence-corrected chi connectivity index (χ4v) is 2.91. The van der Waals surface area contributed by atoms with E-state index in [2.05, 4.69) is 59.4 Å². The Morgan fingerprint density at radius 1 is 1.28 bits per heavy atom. The molecule has 3 nitrogen and oxygen atoms in total. The number of rotatable bonds is 4. The molecule has 1 N–H and O–H groups in total. The third-order valence-corrected chi connectivity index (χ3v) is 3.86. The number of hydrogen-bond donors (Lipinski definition) is 1. The van der Waals surface area contributed by atoms with Crippen LogP contribution in [0, 0.1) is 0 Å². The van der Waals surface area contributed by atoms with Crippen LogP contribution in [0.15, 0.2) is 30.3 Å². The SMILES string of the molecule is CNCC(c1ccccc1)N1CCN(C)CC1C. The molecule has 1 aromatic rings. The summed E-state index contributed by atoms with van der Waals surface area (Å²) >= 11 is 0. The molecular weight excluding hydrogens is 222 g/mol. The Hall–Kier alpha value is -0.900. The molecule has 2 unspecified atom stereocenters. The highest BCUT2D eigenvalue weighted by Crippen LogP contribution is 2.24. The van der Waals surface area contributed by atoms with E-state index >= 15 is 0 Å². The van der Waals surface area contributed by atoms with Crippen molar-refractivity contribution >= 4 is 0 Å². The second-order valence-corrected chi connectivity index (χ2v) is 5.33. The summed E-state index contributed by atoms with van der Waals surface area (Å²) in [6.07, 6.45) is 0. The molecule has 0 saturated carbocycles. The molecule has 3 heteroatoms. The molecule has 1 saturated heterocycles. The summed E-state index contributed by atoms with van der Waals surface area (Å²) in [4.78, 5) is 5.05. The third-order valence-electron chi connectivity index (χ3n) is 3.86. The predicted molar refractivity (Wildman–Crippen MR) is 76.8 cm³/mol. The number of nitrogens with one attached hydrogen (secondary N) is 1. The van der Waals surface area contributed by atoms with Gasteiger partial charge in [0.05, 0.1) is 0 Å². The molecule has 1 heterocycles. The Morgan fingerprint density at radius 2 is 2.00 bits per heavy atom. The largest absolute Gasteiger partial charge is 0.318 e. The number of likely N-dealkylation sites (N-methyl/N-ethyl adjacent to an activating group) is 2. The van der Waals surface area contributed by atoms with Crippen LogP contribution in [0.5, 0.6) is 0 Å². The summed E-state index contributed by atoms with van der Waals surface area (Å²) in [5.41, 5.74) is 1.42. The first-order valence-corrected chi connectivity index (χ1v) is 6.86. The molecule has 1 aliphatic rings. The minimum absolute atomic E-state index is 0.486. The molecule has 0 aliphatic carbocycles. The predicted octanol–water partition coefficient (Wildman–Crippen LogP) is 1.58. The van der Waals surface area contributed by atoms with Gasteiger partial charge in [-0.25, -0.2) is 0 Å². The zero-order chi connectivity index (χ0) is 13.0. The number of hydrogen-bond acceptors (Lipinski definition) is 3. The Balaban J connectivity index is 2.15. The highest BCUT2D eigenvalue weighted by Gasteiger charge is 2.28. The second-order valence-electron chi connectivity index (χ2n) is 5.33. The summed E-state index contributed by atoms with van der Waals surface area (Å²) < 4.78 is 0. The van der Waals surface area contributed by atoms with Crippen molar-refractivity contribution < 1.29 is 0 Å². The van der Waals surface area contributed by atoms with E-state index in [-0.39, 0.29) is 0 Å². The lowest BCUT2D eigenvalue weighted by atomic mass is 10.0. The lowest BCUT2D eigenvalue weighted by Crippen LogP contribution is -2.53. The standard InChI is InChI=1S/C15H25N3/c1-13-12-17(3)9-10-18(13)15(11-16-2)14-7-5-4-6-8-14/h4-8,13,15-16H,9-12H2,1-3H3. The zero-order valence-corrected chi connectivity index (χ0v) is 11.8. The van der Waals surface area contributed by atoms with E-state index in [1.165, 1.54) is 5.56 Å². The van der Waals surface area contributed by atoms with Crippen molar-refractivity contribution in [3.8, 4) is 0 Å². The van der Waals surface area contributed by atoms with Crippen LogP contribution in [-0.2, 0) is 0 Å². The van der Waals surface area contributed by atoms with Gasteiger partial charge in [0.25, 0.3) is 0 Å². The first-order chi connectivity index (χ1) is 8.72. The van der Waals surface area contributed by atoms with Crippen LogP contribution in [-0.4, -0.2) is 56.1 Å². The second kappa shape index (κ2) is 6.32. The molecule has 2 rings (SSSR count). The van der Waals surface area contributed by atoms with Crippen LogP contribution in [0.1, 0.15) is 18.5 Å². The van der Waals surface area contributed by atoms with Gasteiger partial charge in [0.2, 0.25) is 0 Å². The fourth-order valence-electron chi connectivity index (χ4n) is 2.91. The summed E-state index contributed by atoms with van der Waals surface area (Å²) in [6, 6.07) is 12.0. The van der Waals surface area contributed by atoms with Crippen molar-refractivity contribution in [3.63, 3.8) is 0 Å². The Labute approximate surface area is 111 Å². The number of benzene rings is 1. The molecule has 0 amide bonds. The molecule has 1 aliphatic heterocycles. The van der Waals surface area contributed by atoms with Crippen molar-refractivity contribution in [1.29, 1.82) is 0 Å². The highest BCUT2D eigenvalue weighted by molar-refractivity contribution is 5.20. The maximum absolute atomic E-state index is 3.34. The normalized spacial score (nSPS) is 24.1. The van der Waals surface area contributed by atoms with Gasteiger partial charge in [-0.05, 0) is 26.6 Å². The van der Waals surface area contributed by atoms with Gasteiger partial charge < -0.3 is 10.2 Å². The van der Waals surface area contributed by atoms with Crippen LogP contribution in [0.4, 0.5) is 0 Å². The highest BCUT2D eigenvalue weighted by atomic mass is 15.3. The van der Waals surface area contributed by atoms with Gasteiger partial charge in [-0.2, -0.15) is 0 Å². The molecule has 0 spiro atoms. The quantitative estimate of drug-likeness (QED) is 0.871. The Bertz CT molecular complexity index is 352. The lowest BCUT2D eigenvalue weighted by Gasteiger charge is -2.43. The molecule has 1 fully saturated rings. The van der Waals surface area contributed by atoms with E-state index in [4.69, 9.17) is 0 Å². The Kier molecular flexibility index (Phi) is 4.75. The summed E-state index contributed by atoms with van der Waals surface area (Å²) in [6.45, 7) is 6.82. The van der Waals surface area contributed by atoms with Gasteiger partial charge in [0.1, 0.15) is 0 Å². The van der Waals surface area contributed by atoms with Gasteiger partial charge in [-0.15, -0.1) is 0 Å². The van der Waals surface area contributed by atoms with Gasteiger partial charge >= 0.3 is 0 Å². The topological polar surface area (TPSA) is 18.5 Å². The van der Waals surface area contributed by atoms with Crippen molar-refractivity contribution in [2.75, 3.05) is 40.3 Å². The first kappa shape index (κ1) is 13.5. The molecule has 0 radical (unpaired) electrons. The van der Waals surface area contributed by atoms with E-state index in [9.17, 15) is 0 Å². The monoisotopic (exact) mass is 247 g/mol. The minimum atomic E-state index is 0.486. The molecule has 0 aromatic heterocycles. The van der Waals surface area contributed by atoms with Gasteiger partial charge in [0, 0.05) is 38.3 Å². The van der Waals surface area contributed by atoms with Crippen LogP contribution in [0.25, 0.3) is 0 Å². The summed E-state index contributed by atoms with van der Waals surface area (Å²) in [5.74, 6) is 0. The smallest absolute Gasteiger partial charge is 0.0476 e. The minimum Gasteiger partial charge on any atom is -0.318 e. The molecule has 1 aromatic carbocycles. The van der Waals surface area contributed by atoms with Crippen molar-refractivity contribution in [2.45, 2.75) is 19.0 Å². The molecule has 2 atom stereocenters. The molecule has 18 heavy (non-hydrogen) atoms. The van der Waals surface area contributed by atoms with Crippen LogP contribution >= 0.6 is 0 Å². The fraction of sp³-hybridized carbons (Fsp3) is 0.600. The number of nitrogens with zero attached hydrogens (tertiary/aromatic N) is 2. The summed E-state index contributed by atoms with van der Waals surface area (Å²) in [7, 11) is 4.25. The van der Waals surface area contributed by atoms with E-state index in [0.717, 1.165) is 26.2 Å². The third kappa shape index (κ3) is 3.10. The molecular formula is C15H25N3. The van der Waals surface area contributed by atoms with Gasteiger partial charge in [-0.3, -0.25) is 4.90 Å². The van der Waals surface area contributed by atoms with Crippen molar-refractivity contribution in [3.05, 3.63) is 35.9 Å². The van der Waals surface area contributed by atoms with E-state index in [0.29, 0.717) is 12.1 Å². The van der Waals surface area contributed by atoms with Crippen molar-refractivity contribution in [1.82, 2.24) is 15.1 Å². The van der Waals surface area contributed by atoms with Gasteiger partial charge in [-0.1, -0.05) is 30.3 Å². The van der Waals surface area contributed by atoms with E-state index in [1.807, 2.05) is 7.05 Å². The average molecular weight is 247 g/mol. The lowest BCUT2D eigenvalue weighted by molar-refractivity contribution is 0.0609.